The molecule has 0 bridgehead atoms. The number of pyridine rings is 1. The third-order valence-electron chi connectivity index (χ3n) is 5.29. The topological polar surface area (TPSA) is 45.2 Å². The van der Waals surface area contributed by atoms with Gasteiger partial charge in [-0.3, -0.25) is 9.78 Å². The molecular formula is C24H25N3O. The first-order chi connectivity index (χ1) is 13.7. The molecule has 0 radical (unpaired) electrons. The molecule has 4 heteroatoms. The lowest BCUT2D eigenvalue weighted by molar-refractivity contribution is 0.0714. The van der Waals surface area contributed by atoms with Gasteiger partial charge in [-0.1, -0.05) is 48.5 Å². The van der Waals surface area contributed by atoms with E-state index in [1.54, 1.807) is 6.20 Å². The second-order valence-corrected chi connectivity index (χ2v) is 7.29. The summed E-state index contributed by atoms with van der Waals surface area (Å²) in [6.07, 6.45) is 3.84. The zero-order valence-electron chi connectivity index (χ0n) is 16.1. The highest BCUT2D eigenvalue weighted by Gasteiger charge is 2.27. The number of para-hydroxylation sites is 1. The molecule has 0 aliphatic carbocycles. The molecule has 1 amide bonds. The molecule has 1 saturated heterocycles. The molecule has 3 aromatic rings. The van der Waals surface area contributed by atoms with Crippen LogP contribution in [-0.2, 0) is 0 Å². The van der Waals surface area contributed by atoms with E-state index in [4.69, 9.17) is 0 Å². The van der Waals surface area contributed by atoms with Crippen molar-refractivity contribution in [1.29, 1.82) is 0 Å². The minimum atomic E-state index is 0.0732. The number of piperidine rings is 1. The Labute approximate surface area is 166 Å². The van der Waals surface area contributed by atoms with E-state index in [1.165, 1.54) is 0 Å². The Kier molecular flexibility index (Phi) is 5.38. The summed E-state index contributed by atoms with van der Waals surface area (Å²) >= 11 is 0. The van der Waals surface area contributed by atoms with Crippen molar-refractivity contribution in [3.63, 3.8) is 0 Å². The van der Waals surface area contributed by atoms with Crippen molar-refractivity contribution in [3.8, 4) is 11.1 Å². The second-order valence-electron chi connectivity index (χ2n) is 7.29. The number of benzene rings is 2. The van der Waals surface area contributed by atoms with Crippen LogP contribution in [-0.4, -0.2) is 34.9 Å². The Morgan fingerprint density at radius 1 is 1.04 bits per heavy atom. The average Bonchev–Trinajstić information content (AvgIpc) is 2.75. The summed E-state index contributed by atoms with van der Waals surface area (Å²) in [6.45, 7) is 3.41. The van der Waals surface area contributed by atoms with Gasteiger partial charge < -0.3 is 10.2 Å². The van der Waals surface area contributed by atoms with E-state index in [0.29, 0.717) is 12.1 Å². The Hall–Kier alpha value is -3.14. The van der Waals surface area contributed by atoms with E-state index in [1.807, 2.05) is 66.4 Å². The zero-order valence-corrected chi connectivity index (χ0v) is 16.1. The number of hydrogen-bond donors (Lipinski definition) is 1. The molecular weight excluding hydrogens is 346 g/mol. The molecule has 4 nitrogen and oxygen atoms in total. The smallest absolute Gasteiger partial charge is 0.256 e. The van der Waals surface area contributed by atoms with E-state index >= 15 is 0 Å². The van der Waals surface area contributed by atoms with Crippen LogP contribution in [0.3, 0.4) is 0 Å². The molecule has 2 heterocycles. The van der Waals surface area contributed by atoms with E-state index in [-0.39, 0.29) is 11.9 Å². The molecule has 0 spiro atoms. The largest absolute Gasteiger partial charge is 0.381 e. The van der Waals surface area contributed by atoms with Crippen molar-refractivity contribution >= 4 is 11.6 Å². The monoisotopic (exact) mass is 371 g/mol. The van der Waals surface area contributed by atoms with Crippen LogP contribution in [0.4, 0.5) is 5.69 Å². The normalized spacial score (nSPS) is 16.6. The van der Waals surface area contributed by atoms with Gasteiger partial charge in [0.25, 0.3) is 5.91 Å². The van der Waals surface area contributed by atoms with Gasteiger partial charge in [0.15, 0.2) is 0 Å². The molecule has 0 unspecified atom stereocenters. The van der Waals surface area contributed by atoms with Gasteiger partial charge >= 0.3 is 0 Å². The van der Waals surface area contributed by atoms with Gasteiger partial charge in [-0.05, 0) is 49.1 Å². The lowest BCUT2D eigenvalue weighted by Crippen LogP contribution is -2.45. The lowest BCUT2D eigenvalue weighted by Gasteiger charge is -2.34. The Morgan fingerprint density at radius 3 is 2.50 bits per heavy atom. The molecule has 1 N–H and O–H groups in total. The molecule has 1 aromatic heterocycles. The van der Waals surface area contributed by atoms with Crippen molar-refractivity contribution < 1.29 is 4.79 Å². The van der Waals surface area contributed by atoms with E-state index in [2.05, 4.69) is 22.4 Å². The predicted molar refractivity (Wildman–Crippen MR) is 113 cm³/mol. The number of aromatic nitrogens is 1. The highest BCUT2D eigenvalue weighted by Crippen LogP contribution is 2.27. The first-order valence-corrected chi connectivity index (χ1v) is 9.84. The van der Waals surface area contributed by atoms with Gasteiger partial charge in [0.1, 0.15) is 0 Å². The minimum absolute atomic E-state index is 0.0732. The fourth-order valence-corrected chi connectivity index (χ4v) is 3.90. The van der Waals surface area contributed by atoms with Crippen LogP contribution in [0.1, 0.15) is 28.9 Å². The van der Waals surface area contributed by atoms with E-state index in [9.17, 15) is 4.79 Å². The summed E-state index contributed by atoms with van der Waals surface area (Å²) in [5.74, 6) is 0.0732. The molecule has 142 valence electrons. The fraction of sp³-hybridized carbons (Fsp3) is 0.250. The van der Waals surface area contributed by atoms with Gasteiger partial charge in [-0.2, -0.15) is 0 Å². The first-order valence-electron chi connectivity index (χ1n) is 9.84. The summed E-state index contributed by atoms with van der Waals surface area (Å²) in [6, 6.07) is 22.5. The van der Waals surface area contributed by atoms with E-state index < -0.39 is 0 Å². The Morgan fingerprint density at radius 2 is 1.75 bits per heavy atom. The molecule has 2 aromatic carbocycles. The molecule has 0 saturated carbocycles. The van der Waals surface area contributed by atoms with Crippen molar-refractivity contribution in [3.05, 3.63) is 84.2 Å². The van der Waals surface area contributed by atoms with Crippen LogP contribution in [0.15, 0.2) is 72.9 Å². The number of rotatable bonds is 4. The highest BCUT2D eigenvalue weighted by molar-refractivity contribution is 6.01. The van der Waals surface area contributed by atoms with Crippen LogP contribution >= 0.6 is 0 Å². The van der Waals surface area contributed by atoms with Gasteiger partial charge in [0, 0.05) is 31.0 Å². The maximum atomic E-state index is 13.5. The third-order valence-corrected chi connectivity index (χ3v) is 5.29. The molecule has 4 rings (SSSR count). The third kappa shape index (κ3) is 3.91. The van der Waals surface area contributed by atoms with Gasteiger partial charge in [0.05, 0.1) is 11.3 Å². The van der Waals surface area contributed by atoms with Crippen molar-refractivity contribution in [2.75, 3.05) is 18.4 Å². The second kappa shape index (κ2) is 8.26. The zero-order chi connectivity index (χ0) is 19.3. The number of carbonyl (C=O) groups is 1. The number of anilines is 1. The quantitative estimate of drug-likeness (QED) is 0.718. The number of nitrogens with zero attached hydrogens (tertiary/aromatic N) is 2. The number of likely N-dealkylation sites (tertiary alicyclic amines) is 1. The summed E-state index contributed by atoms with van der Waals surface area (Å²) in [5.41, 5.74) is 4.60. The number of amides is 1. The average molecular weight is 371 g/mol. The van der Waals surface area contributed by atoms with Crippen LogP contribution in [0.25, 0.3) is 11.1 Å². The SMILES string of the molecule is Cc1nccc(-c2ccccc2)c1C(=O)N1CCC[C@H](Nc2ccccc2)C1. The lowest BCUT2D eigenvalue weighted by atomic mass is 9.97. The van der Waals surface area contributed by atoms with Crippen LogP contribution in [0.5, 0.6) is 0 Å². The van der Waals surface area contributed by atoms with Gasteiger partial charge in [0.2, 0.25) is 0 Å². The van der Waals surface area contributed by atoms with Crippen molar-refractivity contribution in [1.82, 2.24) is 9.88 Å². The number of nitrogens with one attached hydrogen (secondary N) is 1. The standard InChI is InChI=1S/C24H25N3O/c1-18-23(22(14-15-25-18)19-9-4-2-5-10-19)24(28)27-16-8-13-21(17-27)26-20-11-6-3-7-12-20/h2-7,9-12,14-15,21,26H,8,13,16-17H2,1H3/t21-/m0/s1. The molecule has 1 aliphatic heterocycles. The summed E-state index contributed by atoms with van der Waals surface area (Å²) in [5, 5.41) is 3.57. The van der Waals surface area contributed by atoms with Gasteiger partial charge in [-0.25, -0.2) is 0 Å². The summed E-state index contributed by atoms with van der Waals surface area (Å²) < 4.78 is 0. The predicted octanol–water partition coefficient (Wildman–Crippen LogP) is 4.77. The van der Waals surface area contributed by atoms with E-state index in [0.717, 1.165) is 41.9 Å². The molecule has 28 heavy (non-hydrogen) atoms. The molecule has 1 aliphatic rings. The van der Waals surface area contributed by atoms with Crippen LogP contribution in [0, 0.1) is 6.92 Å². The first kappa shape index (κ1) is 18.2. The highest BCUT2D eigenvalue weighted by atomic mass is 16.2. The van der Waals surface area contributed by atoms with Crippen molar-refractivity contribution in [2.24, 2.45) is 0 Å². The summed E-state index contributed by atoms with van der Waals surface area (Å²) in [4.78, 5) is 19.8. The molecule has 1 atom stereocenters. The Balaban J connectivity index is 1.58. The number of aryl methyl sites for hydroxylation is 1. The number of hydrogen-bond acceptors (Lipinski definition) is 3. The minimum Gasteiger partial charge on any atom is -0.381 e. The van der Waals surface area contributed by atoms with Gasteiger partial charge in [-0.15, -0.1) is 0 Å². The number of carbonyl (C=O) groups excluding carboxylic acids is 1. The Bertz CT molecular complexity index is 941. The fourth-order valence-electron chi connectivity index (χ4n) is 3.90. The van der Waals surface area contributed by atoms with Crippen LogP contribution < -0.4 is 5.32 Å². The summed E-state index contributed by atoms with van der Waals surface area (Å²) in [7, 11) is 0. The van der Waals surface area contributed by atoms with Crippen molar-refractivity contribution in [2.45, 2.75) is 25.8 Å². The maximum absolute atomic E-state index is 13.5. The molecule has 1 fully saturated rings. The maximum Gasteiger partial charge on any atom is 0.256 e. The van der Waals surface area contributed by atoms with Crippen LogP contribution in [0.2, 0.25) is 0 Å².